The Bertz CT molecular complexity index is 766. The molecule has 0 saturated carbocycles. The topological polar surface area (TPSA) is 52.6 Å². The number of carbonyl (C=O) groups excluding carboxylic acids is 2. The first-order chi connectivity index (χ1) is 12.9. The molecule has 162 valence electrons. The van der Waals surface area contributed by atoms with Crippen LogP contribution in [-0.4, -0.2) is 41.9 Å². The number of halogens is 8. The van der Waals surface area contributed by atoms with Crippen LogP contribution in [0.1, 0.15) is 24.2 Å². The quantitative estimate of drug-likeness (QED) is 0.365. The molecular formula is C17H14F8O4. The first kappa shape index (κ1) is 24.4. The van der Waals surface area contributed by atoms with Gasteiger partial charge in [0.15, 0.2) is 5.60 Å². The van der Waals surface area contributed by atoms with E-state index in [1.807, 2.05) is 0 Å². The van der Waals surface area contributed by atoms with Crippen LogP contribution in [0.5, 0.6) is 0 Å². The highest BCUT2D eigenvalue weighted by atomic mass is 19.4. The van der Waals surface area contributed by atoms with Gasteiger partial charge in [0, 0.05) is 0 Å². The lowest BCUT2D eigenvalue weighted by Crippen LogP contribution is -2.60. The van der Waals surface area contributed by atoms with E-state index < -0.39 is 53.1 Å². The maximum absolute atomic E-state index is 14.6. The Hall–Kier alpha value is -2.66. The second kappa shape index (κ2) is 7.99. The molecule has 0 saturated heterocycles. The van der Waals surface area contributed by atoms with E-state index in [1.54, 1.807) is 0 Å². The molecule has 0 amide bonds. The zero-order valence-corrected chi connectivity index (χ0v) is 14.8. The highest BCUT2D eigenvalue weighted by Crippen LogP contribution is 2.44. The zero-order valence-electron chi connectivity index (χ0n) is 14.8. The van der Waals surface area contributed by atoms with Gasteiger partial charge in [0.05, 0.1) is 5.56 Å². The maximum atomic E-state index is 14.6. The number of hydrogen-bond donors (Lipinski definition) is 0. The van der Waals surface area contributed by atoms with Crippen molar-refractivity contribution in [2.75, 3.05) is 0 Å². The van der Waals surface area contributed by atoms with Gasteiger partial charge in [-0.25, -0.2) is 9.59 Å². The van der Waals surface area contributed by atoms with Gasteiger partial charge in [-0.2, -0.15) is 35.1 Å². The number of benzene rings is 1. The summed E-state index contributed by atoms with van der Waals surface area (Å²) in [5, 5.41) is 0. The first-order valence-electron chi connectivity index (χ1n) is 7.61. The third-order valence-corrected chi connectivity index (χ3v) is 3.60. The summed E-state index contributed by atoms with van der Waals surface area (Å²) in [6.45, 7) is 2.80. The van der Waals surface area contributed by atoms with E-state index in [4.69, 9.17) is 0 Å². The van der Waals surface area contributed by atoms with E-state index in [2.05, 4.69) is 16.1 Å². The van der Waals surface area contributed by atoms with E-state index in [1.165, 1.54) is 18.2 Å². The highest BCUT2D eigenvalue weighted by molar-refractivity contribution is 5.90. The molecule has 29 heavy (non-hydrogen) atoms. The minimum Gasteiger partial charge on any atom is -0.449 e. The van der Waals surface area contributed by atoms with Crippen LogP contribution in [0.2, 0.25) is 0 Å². The predicted octanol–water partition coefficient (Wildman–Crippen LogP) is 4.85. The summed E-state index contributed by atoms with van der Waals surface area (Å²) in [4.78, 5) is 23.2. The average molecular weight is 434 g/mol. The molecule has 1 rings (SSSR count). The third kappa shape index (κ3) is 5.67. The molecule has 0 N–H and O–H groups in total. The van der Waals surface area contributed by atoms with Crippen LogP contribution < -0.4 is 0 Å². The molecule has 0 fully saturated rings. The van der Waals surface area contributed by atoms with Gasteiger partial charge in [-0.1, -0.05) is 24.8 Å². The van der Waals surface area contributed by atoms with Crippen LogP contribution in [0.15, 0.2) is 42.5 Å². The molecule has 0 radical (unpaired) electrons. The molecule has 12 heteroatoms. The van der Waals surface area contributed by atoms with Crippen molar-refractivity contribution < 1.29 is 54.2 Å². The van der Waals surface area contributed by atoms with Crippen molar-refractivity contribution in [3.63, 3.8) is 0 Å². The second-order valence-corrected chi connectivity index (χ2v) is 6.19. The number of rotatable bonds is 6. The molecular weight excluding hydrogens is 420 g/mol. The van der Waals surface area contributed by atoms with Gasteiger partial charge in [0.1, 0.15) is 5.57 Å². The van der Waals surface area contributed by atoms with Crippen LogP contribution in [0.4, 0.5) is 35.1 Å². The predicted molar refractivity (Wildman–Crippen MR) is 82.0 cm³/mol. The van der Waals surface area contributed by atoms with Crippen molar-refractivity contribution in [3.05, 3.63) is 48.0 Å². The largest absolute Gasteiger partial charge is 0.449 e. The van der Waals surface area contributed by atoms with E-state index in [9.17, 15) is 44.7 Å². The molecule has 4 nitrogen and oxygen atoms in total. The standard InChI is InChI=1S/C17H14F8O4/c1-9(16(20,21)22)11(26)29-14(2,3)15(18,19)13(17(23,24)25)28-12(27)10-7-5-4-6-8-10/h4-8,13H,1H2,2-3H3. The van der Waals surface area contributed by atoms with Gasteiger partial charge < -0.3 is 9.47 Å². The number of ether oxygens (including phenoxy) is 2. The first-order valence-corrected chi connectivity index (χ1v) is 7.61. The average Bonchev–Trinajstić information content (AvgIpc) is 2.56. The Balaban J connectivity index is 3.21. The van der Waals surface area contributed by atoms with Gasteiger partial charge in [0.25, 0.3) is 6.10 Å². The fourth-order valence-corrected chi connectivity index (χ4v) is 1.89. The number of hydrogen-bond acceptors (Lipinski definition) is 4. The molecule has 0 heterocycles. The van der Waals surface area contributed by atoms with Gasteiger partial charge in [-0.15, -0.1) is 0 Å². The number of carbonyl (C=O) groups is 2. The summed E-state index contributed by atoms with van der Waals surface area (Å²) in [7, 11) is 0. The van der Waals surface area contributed by atoms with Crippen LogP contribution in [0, 0.1) is 0 Å². The molecule has 1 atom stereocenters. The number of esters is 2. The lowest BCUT2D eigenvalue weighted by Gasteiger charge is -2.38. The highest BCUT2D eigenvalue weighted by Gasteiger charge is 2.67. The molecule has 0 aliphatic carbocycles. The van der Waals surface area contributed by atoms with E-state index in [-0.39, 0.29) is 13.8 Å². The van der Waals surface area contributed by atoms with Crippen molar-refractivity contribution in [1.29, 1.82) is 0 Å². The normalized spacial score (nSPS) is 14.1. The fraction of sp³-hybridized carbons (Fsp3) is 0.412. The van der Waals surface area contributed by atoms with E-state index in [0.29, 0.717) is 0 Å². The summed E-state index contributed by atoms with van der Waals surface area (Å²) < 4.78 is 114. The lowest BCUT2D eigenvalue weighted by atomic mass is 9.94. The van der Waals surface area contributed by atoms with Gasteiger partial charge in [-0.3, -0.25) is 0 Å². The van der Waals surface area contributed by atoms with Crippen LogP contribution in [-0.2, 0) is 14.3 Å². The van der Waals surface area contributed by atoms with Crippen molar-refractivity contribution >= 4 is 11.9 Å². The Labute approximate surface area is 159 Å². The molecule has 1 unspecified atom stereocenters. The van der Waals surface area contributed by atoms with Crippen LogP contribution in [0.3, 0.4) is 0 Å². The Morgan fingerprint density at radius 1 is 0.931 bits per heavy atom. The molecule has 0 bridgehead atoms. The van der Waals surface area contributed by atoms with Crippen molar-refractivity contribution in [1.82, 2.24) is 0 Å². The van der Waals surface area contributed by atoms with E-state index >= 15 is 0 Å². The monoisotopic (exact) mass is 434 g/mol. The summed E-state index contributed by atoms with van der Waals surface area (Å²) in [5.74, 6) is -9.34. The third-order valence-electron chi connectivity index (χ3n) is 3.60. The lowest BCUT2D eigenvalue weighted by molar-refractivity contribution is -0.308. The summed E-state index contributed by atoms with van der Waals surface area (Å²) in [5.41, 5.74) is -6.15. The molecule has 0 aliphatic heterocycles. The fourth-order valence-electron chi connectivity index (χ4n) is 1.89. The summed E-state index contributed by atoms with van der Waals surface area (Å²) in [6.07, 6.45) is -15.3. The molecule has 0 spiro atoms. The number of alkyl halides is 8. The summed E-state index contributed by atoms with van der Waals surface area (Å²) in [6, 6.07) is 5.83. The van der Waals surface area contributed by atoms with Gasteiger partial charge in [-0.05, 0) is 26.0 Å². The van der Waals surface area contributed by atoms with Crippen molar-refractivity contribution in [2.24, 2.45) is 0 Å². The van der Waals surface area contributed by atoms with Crippen molar-refractivity contribution in [2.45, 2.75) is 43.8 Å². The van der Waals surface area contributed by atoms with Gasteiger partial charge in [0.2, 0.25) is 0 Å². The van der Waals surface area contributed by atoms with E-state index in [0.717, 1.165) is 12.1 Å². The minimum absolute atomic E-state index is 0.240. The minimum atomic E-state index is -5.85. The molecule has 0 aromatic heterocycles. The smallest absolute Gasteiger partial charge is 0.431 e. The van der Waals surface area contributed by atoms with Crippen molar-refractivity contribution in [3.8, 4) is 0 Å². The molecule has 1 aromatic rings. The zero-order chi connectivity index (χ0) is 22.8. The van der Waals surface area contributed by atoms with Crippen LogP contribution >= 0.6 is 0 Å². The Morgan fingerprint density at radius 2 is 1.41 bits per heavy atom. The molecule has 0 aliphatic rings. The maximum Gasteiger partial charge on any atom is 0.431 e. The summed E-state index contributed by atoms with van der Waals surface area (Å²) >= 11 is 0. The van der Waals surface area contributed by atoms with Crippen LogP contribution in [0.25, 0.3) is 0 Å². The molecule has 1 aromatic carbocycles. The Morgan fingerprint density at radius 3 is 1.83 bits per heavy atom. The second-order valence-electron chi connectivity index (χ2n) is 6.19. The SMILES string of the molecule is C=C(C(=O)OC(C)(C)C(F)(F)C(OC(=O)c1ccccc1)C(F)(F)F)C(F)(F)F. The van der Waals surface area contributed by atoms with Gasteiger partial charge >= 0.3 is 30.2 Å². The Kier molecular flexibility index (Phi) is 6.72.